The van der Waals surface area contributed by atoms with E-state index in [4.69, 9.17) is 0 Å². The molecule has 4 aromatic rings. The smallest absolute Gasteiger partial charge is 0.233 e. The third kappa shape index (κ3) is 6.56. The maximum atomic E-state index is 13.2. The van der Waals surface area contributed by atoms with Crippen LogP contribution in [0.4, 0.5) is 0 Å². The van der Waals surface area contributed by atoms with E-state index >= 15 is 0 Å². The second-order valence-corrected chi connectivity index (χ2v) is 8.89. The molecule has 0 bridgehead atoms. The number of nitrogens with zero attached hydrogens (tertiary/aromatic N) is 4. The van der Waals surface area contributed by atoms with Crippen LogP contribution in [0.3, 0.4) is 0 Å². The second kappa shape index (κ2) is 11.5. The number of carbonyl (C=O) groups is 1. The highest BCUT2D eigenvalue weighted by molar-refractivity contribution is 7.99. The van der Waals surface area contributed by atoms with E-state index < -0.39 is 0 Å². The molecular weight excluding hydrogens is 428 g/mol. The van der Waals surface area contributed by atoms with Crippen molar-refractivity contribution in [3.05, 3.63) is 114 Å². The van der Waals surface area contributed by atoms with Crippen LogP contribution in [0.2, 0.25) is 0 Å². The van der Waals surface area contributed by atoms with Crippen LogP contribution >= 0.6 is 11.8 Å². The Balaban J connectivity index is 1.39. The van der Waals surface area contributed by atoms with Crippen LogP contribution in [-0.4, -0.2) is 37.9 Å². The highest BCUT2D eigenvalue weighted by Gasteiger charge is 2.17. The van der Waals surface area contributed by atoms with Gasteiger partial charge in [-0.25, -0.2) is 0 Å². The Morgan fingerprint density at radius 3 is 2.03 bits per heavy atom. The lowest BCUT2D eigenvalue weighted by atomic mass is 10.1. The lowest BCUT2D eigenvalue weighted by Gasteiger charge is -2.23. The average molecular weight is 457 g/mol. The Morgan fingerprint density at radius 2 is 1.39 bits per heavy atom. The number of aromatic nitrogens is 3. The summed E-state index contributed by atoms with van der Waals surface area (Å²) in [6.07, 6.45) is 1.55. The molecular formula is C27H28N4OS. The maximum Gasteiger partial charge on any atom is 0.233 e. The van der Waals surface area contributed by atoms with Crippen LogP contribution < -0.4 is 0 Å². The molecule has 0 saturated carbocycles. The summed E-state index contributed by atoms with van der Waals surface area (Å²) >= 11 is 1.45. The quantitative estimate of drug-likeness (QED) is 0.323. The van der Waals surface area contributed by atoms with Crippen LogP contribution in [0.25, 0.3) is 0 Å². The molecule has 1 heterocycles. The molecule has 6 heteroatoms. The number of carbonyl (C=O) groups excluding carboxylic acids is 1. The van der Waals surface area contributed by atoms with Gasteiger partial charge in [0.1, 0.15) is 5.82 Å². The fourth-order valence-electron chi connectivity index (χ4n) is 3.63. The summed E-state index contributed by atoms with van der Waals surface area (Å²) in [5, 5.41) is 9.43. The Bertz CT molecular complexity index is 1150. The lowest BCUT2D eigenvalue weighted by molar-refractivity contribution is -0.128. The fourth-order valence-corrected chi connectivity index (χ4v) is 4.46. The topological polar surface area (TPSA) is 51.0 Å². The second-order valence-electron chi connectivity index (χ2n) is 7.95. The van der Waals surface area contributed by atoms with E-state index in [2.05, 4.69) is 46.6 Å². The Labute approximate surface area is 199 Å². The number of benzene rings is 3. The summed E-state index contributed by atoms with van der Waals surface area (Å²) < 4.78 is 1.98. The zero-order chi connectivity index (χ0) is 22.9. The standard InChI is InChI=1S/C27H28N4OS/c1-30-25(19-23-13-7-3-8-14-23)28-29-27(30)33-21-26(32)31(20-24-15-9-4-10-16-24)18-17-22-11-5-2-6-12-22/h2-16H,17-21H2,1H3. The molecule has 4 rings (SSSR count). The number of rotatable bonds is 10. The van der Waals surface area contributed by atoms with Crippen molar-refractivity contribution < 1.29 is 4.79 Å². The fraction of sp³-hybridized carbons (Fsp3) is 0.222. The first-order chi connectivity index (χ1) is 16.2. The molecule has 0 atom stereocenters. The Hall–Kier alpha value is -3.38. The minimum absolute atomic E-state index is 0.104. The van der Waals surface area contributed by atoms with E-state index in [0.29, 0.717) is 18.8 Å². The molecule has 1 aromatic heterocycles. The van der Waals surface area contributed by atoms with Crippen LogP contribution in [0, 0.1) is 0 Å². The third-order valence-corrected chi connectivity index (χ3v) is 6.54. The summed E-state index contributed by atoms with van der Waals surface area (Å²) in [4.78, 5) is 15.1. The van der Waals surface area contributed by atoms with Gasteiger partial charge in [0.2, 0.25) is 5.91 Å². The average Bonchev–Trinajstić information content (AvgIpc) is 3.21. The molecule has 3 aromatic carbocycles. The highest BCUT2D eigenvalue weighted by Crippen LogP contribution is 2.19. The van der Waals surface area contributed by atoms with Gasteiger partial charge in [-0.2, -0.15) is 0 Å². The maximum absolute atomic E-state index is 13.2. The third-order valence-electron chi connectivity index (χ3n) is 5.54. The number of amides is 1. The van der Waals surface area contributed by atoms with Gasteiger partial charge in [0, 0.05) is 26.6 Å². The van der Waals surface area contributed by atoms with Gasteiger partial charge in [0.05, 0.1) is 5.75 Å². The summed E-state index contributed by atoms with van der Waals surface area (Å²) in [5.41, 5.74) is 3.55. The lowest BCUT2D eigenvalue weighted by Crippen LogP contribution is -2.34. The molecule has 0 spiro atoms. The normalized spacial score (nSPS) is 10.8. The minimum atomic E-state index is 0.104. The van der Waals surface area contributed by atoms with Crippen LogP contribution in [-0.2, 0) is 31.2 Å². The van der Waals surface area contributed by atoms with E-state index in [0.717, 1.165) is 29.4 Å². The van der Waals surface area contributed by atoms with Crippen molar-refractivity contribution >= 4 is 17.7 Å². The molecule has 33 heavy (non-hydrogen) atoms. The van der Waals surface area contributed by atoms with Crippen LogP contribution in [0.1, 0.15) is 22.5 Å². The predicted octanol–water partition coefficient (Wildman–Crippen LogP) is 4.77. The molecule has 0 aliphatic carbocycles. The van der Waals surface area contributed by atoms with Gasteiger partial charge in [0.25, 0.3) is 0 Å². The first-order valence-electron chi connectivity index (χ1n) is 11.1. The Morgan fingerprint density at radius 1 is 0.818 bits per heavy atom. The summed E-state index contributed by atoms with van der Waals surface area (Å²) in [6.45, 7) is 1.28. The van der Waals surface area contributed by atoms with Crippen molar-refractivity contribution in [2.75, 3.05) is 12.3 Å². The molecule has 1 amide bonds. The van der Waals surface area contributed by atoms with Crippen molar-refractivity contribution in [2.24, 2.45) is 7.05 Å². The van der Waals surface area contributed by atoms with E-state index in [1.165, 1.54) is 22.9 Å². The molecule has 5 nitrogen and oxygen atoms in total. The minimum Gasteiger partial charge on any atom is -0.337 e. The van der Waals surface area contributed by atoms with Gasteiger partial charge in [-0.15, -0.1) is 10.2 Å². The first kappa shape index (κ1) is 22.8. The zero-order valence-corrected chi connectivity index (χ0v) is 19.6. The number of hydrogen-bond acceptors (Lipinski definition) is 4. The first-order valence-corrected chi connectivity index (χ1v) is 12.1. The largest absolute Gasteiger partial charge is 0.337 e. The monoisotopic (exact) mass is 456 g/mol. The van der Waals surface area contributed by atoms with Crippen molar-refractivity contribution in [2.45, 2.75) is 24.5 Å². The van der Waals surface area contributed by atoms with Gasteiger partial charge < -0.3 is 9.47 Å². The molecule has 0 aliphatic heterocycles. The number of thioether (sulfide) groups is 1. The molecule has 0 fully saturated rings. The van der Waals surface area contributed by atoms with Crippen molar-refractivity contribution in [1.29, 1.82) is 0 Å². The Kier molecular flexibility index (Phi) is 7.93. The zero-order valence-electron chi connectivity index (χ0n) is 18.8. The van der Waals surface area contributed by atoms with E-state index in [1.54, 1.807) is 0 Å². The van der Waals surface area contributed by atoms with E-state index in [1.807, 2.05) is 71.1 Å². The van der Waals surface area contributed by atoms with E-state index in [9.17, 15) is 4.79 Å². The highest BCUT2D eigenvalue weighted by atomic mass is 32.2. The van der Waals surface area contributed by atoms with Crippen LogP contribution in [0.15, 0.2) is 96.2 Å². The van der Waals surface area contributed by atoms with Crippen molar-refractivity contribution in [3.63, 3.8) is 0 Å². The molecule has 0 saturated heterocycles. The summed E-state index contributed by atoms with van der Waals surface area (Å²) in [6, 6.07) is 30.7. The summed E-state index contributed by atoms with van der Waals surface area (Å²) in [7, 11) is 1.96. The van der Waals surface area contributed by atoms with E-state index in [-0.39, 0.29) is 5.91 Å². The molecule has 0 radical (unpaired) electrons. The SMILES string of the molecule is Cn1c(Cc2ccccc2)nnc1SCC(=O)N(CCc1ccccc1)Cc1ccccc1. The van der Waals surface area contributed by atoms with Gasteiger partial charge in [-0.3, -0.25) is 4.79 Å². The van der Waals surface area contributed by atoms with Gasteiger partial charge >= 0.3 is 0 Å². The molecule has 0 aliphatic rings. The predicted molar refractivity (Wildman–Crippen MR) is 133 cm³/mol. The van der Waals surface area contributed by atoms with Crippen molar-refractivity contribution in [1.82, 2.24) is 19.7 Å². The number of hydrogen-bond donors (Lipinski definition) is 0. The van der Waals surface area contributed by atoms with Gasteiger partial charge in [-0.05, 0) is 23.1 Å². The summed E-state index contributed by atoms with van der Waals surface area (Å²) in [5.74, 6) is 1.33. The van der Waals surface area contributed by atoms with Crippen LogP contribution in [0.5, 0.6) is 0 Å². The van der Waals surface area contributed by atoms with Gasteiger partial charge in [0.15, 0.2) is 5.16 Å². The molecule has 0 unspecified atom stereocenters. The van der Waals surface area contributed by atoms with Gasteiger partial charge in [-0.1, -0.05) is 103 Å². The molecule has 168 valence electrons. The molecule has 0 N–H and O–H groups in total. The van der Waals surface area contributed by atoms with Crippen molar-refractivity contribution in [3.8, 4) is 0 Å².